The van der Waals surface area contributed by atoms with Crippen molar-refractivity contribution in [1.82, 2.24) is 9.62 Å². The number of halogens is 1. The molecule has 7 heteroatoms. The number of hydrogen-bond donors (Lipinski definition) is 1. The number of sulfonamides is 1. The van der Waals surface area contributed by atoms with Crippen molar-refractivity contribution in [3.05, 3.63) is 29.3 Å². The average Bonchev–Trinajstić information content (AvgIpc) is 2.43. The molecule has 1 fully saturated rings. The van der Waals surface area contributed by atoms with Crippen molar-refractivity contribution in [2.24, 2.45) is 0 Å². The Morgan fingerprint density at radius 1 is 1.32 bits per heavy atom. The number of nitrogens with zero attached hydrogens (tertiary/aromatic N) is 1. The van der Waals surface area contributed by atoms with Crippen LogP contribution in [0.2, 0.25) is 5.02 Å². The summed E-state index contributed by atoms with van der Waals surface area (Å²) in [6, 6.07) is 6.28. The Morgan fingerprint density at radius 3 is 2.64 bits per heavy atom. The van der Waals surface area contributed by atoms with E-state index in [9.17, 15) is 8.42 Å². The Morgan fingerprint density at radius 2 is 2.00 bits per heavy atom. The normalized spacial score (nSPS) is 23.6. The summed E-state index contributed by atoms with van der Waals surface area (Å²) in [4.78, 5) is 2.51. The first-order chi connectivity index (χ1) is 10.4. The van der Waals surface area contributed by atoms with Gasteiger partial charge in [0, 0.05) is 24.7 Å². The highest BCUT2D eigenvalue weighted by molar-refractivity contribution is 7.89. The van der Waals surface area contributed by atoms with Gasteiger partial charge in [0.15, 0.2) is 0 Å². The Hall–Kier alpha value is -0.660. The van der Waals surface area contributed by atoms with E-state index < -0.39 is 10.0 Å². The molecule has 0 radical (unpaired) electrons. The van der Waals surface area contributed by atoms with Crippen LogP contribution >= 0.6 is 11.6 Å². The molecule has 2 rings (SSSR count). The molecule has 0 bridgehead atoms. The minimum absolute atomic E-state index is 0.202. The molecule has 0 saturated carbocycles. The standard InChI is InChI=1S/C15H23ClN2O3S/c1-12-10-18(11-13(2)21-12)8-4-7-17-22(19,20)15-6-3-5-14(16)9-15/h3,5-6,9,12-13,17H,4,7-8,10-11H2,1-2H3. The Balaban J connectivity index is 1.78. The van der Waals surface area contributed by atoms with Crippen LogP contribution in [0.1, 0.15) is 20.3 Å². The maximum atomic E-state index is 12.1. The largest absolute Gasteiger partial charge is 0.373 e. The summed E-state index contributed by atoms with van der Waals surface area (Å²) < 4.78 is 32.6. The minimum Gasteiger partial charge on any atom is -0.373 e. The molecule has 0 aromatic heterocycles. The average molecular weight is 347 g/mol. The summed E-state index contributed by atoms with van der Waals surface area (Å²) >= 11 is 5.83. The van der Waals surface area contributed by atoms with E-state index in [-0.39, 0.29) is 17.1 Å². The van der Waals surface area contributed by atoms with Gasteiger partial charge in [-0.1, -0.05) is 17.7 Å². The number of hydrogen-bond acceptors (Lipinski definition) is 4. The van der Waals surface area contributed by atoms with Gasteiger partial charge in [0.25, 0.3) is 0 Å². The smallest absolute Gasteiger partial charge is 0.240 e. The van der Waals surface area contributed by atoms with Gasteiger partial charge in [0.2, 0.25) is 10.0 Å². The predicted molar refractivity (Wildman–Crippen MR) is 87.7 cm³/mol. The SMILES string of the molecule is CC1CN(CCCNS(=O)(=O)c2cccc(Cl)c2)CC(C)O1. The maximum Gasteiger partial charge on any atom is 0.240 e. The monoisotopic (exact) mass is 346 g/mol. The van der Waals surface area contributed by atoms with Gasteiger partial charge in [0.05, 0.1) is 17.1 Å². The van der Waals surface area contributed by atoms with Crippen LogP contribution in [0.15, 0.2) is 29.2 Å². The number of rotatable bonds is 6. The third-order valence-electron chi connectivity index (χ3n) is 3.54. The van der Waals surface area contributed by atoms with E-state index in [1.165, 1.54) is 6.07 Å². The quantitative estimate of drug-likeness (QED) is 0.801. The fraction of sp³-hybridized carbons (Fsp3) is 0.600. The molecule has 124 valence electrons. The molecule has 0 spiro atoms. The van der Waals surface area contributed by atoms with E-state index in [4.69, 9.17) is 16.3 Å². The second-order valence-corrected chi connectivity index (χ2v) is 7.93. The van der Waals surface area contributed by atoms with Crippen LogP contribution in [0, 0.1) is 0 Å². The number of nitrogens with one attached hydrogen (secondary N) is 1. The van der Waals surface area contributed by atoms with Crippen molar-refractivity contribution < 1.29 is 13.2 Å². The van der Waals surface area contributed by atoms with Crippen LogP contribution < -0.4 is 4.72 Å². The summed E-state index contributed by atoms with van der Waals surface area (Å²) in [6.07, 6.45) is 1.22. The third-order valence-corrected chi connectivity index (χ3v) is 5.24. The van der Waals surface area contributed by atoms with E-state index in [0.29, 0.717) is 11.6 Å². The molecule has 1 aliphatic heterocycles. The lowest BCUT2D eigenvalue weighted by Crippen LogP contribution is -2.46. The summed E-state index contributed by atoms with van der Waals surface area (Å²) in [5, 5.41) is 0.416. The van der Waals surface area contributed by atoms with Gasteiger partial charge in [-0.3, -0.25) is 4.90 Å². The summed E-state index contributed by atoms with van der Waals surface area (Å²) in [7, 11) is -3.48. The van der Waals surface area contributed by atoms with Crippen LogP contribution in [0.5, 0.6) is 0 Å². The first-order valence-electron chi connectivity index (χ1n) is 7.50. The van der Waals surface area contributed by atoms with Gasteiger partial charge >= 0.3 is 0 Å². The van der Waals surface area contributed by atoms with Crippen LogP contribution in [-0.4, -0.2) is 51.7 Å². The van der Waals surface area contributed by atoms with Crippen LogP contribution in [0.4, 0.5) is 0 Å². The highest BCUT2D eigenvalue weighted by atomic mass is 35.5. The summed E-state index contributed by atoms with van der Waals surface area (Å²) in [6.45, 7) is 7.18. The molecule has 1 saturated heterocycles. The van der Waals surface area contributed by atoms with Gasteiger partial charge in [-0.15, -0.1) is 0 Å². The molecule has 22 heavy (non-hydrogen) atoms. The van der Waals surface area contributed by atoms with E-state index in [0.717, 1.165) is 26.1 Å². The van der Waals surface area contributed by atoms with E-state index in [2.05, 4.69) is 23.5 Å². The molecule has 1 heterocycles. The zero-order valence-corrected chi connectivity index (χ0v) is 14.5. The van der Waals surface area contributed by atoms with Crippen LogP contribution in [-0.2, 0) is 14.8 Å². The molecule has 1 aromatic carbocycles. The summed E-state index contributed by atoms with van der Waals surface area (Å²) in [5.74, 6) is 0. The fourth-order valence-corrected chi connectivity index (χ4v) is 4.07. The second kappa shape index (κ2) is 7.75. The first-order valence-corrected chi connectivity index (χ1v) is 9.36. The zero-order valence-electron chi connectivity index (χ0n) is 13.0. The molecule has 0 aliphatic carbocycles. The lowest BCUT2D eigenvalue weighted by Gasteiger charge is -2.35. The first kappa shape index (κ1) is 17.7. The van der Waals surface area contributed by atoms with Gasteiger partial charge in [-0.05, 0) is 45.0 Å². The highest BCUT2D eigenvalue weighted by Gasteiger charge is 2.21. The lowest BCUT2D eigenvalue weighted by molar-refractivity contribution is -0.0679. The van der Waals surface area contributed by atoms with Crippen molar-refractivity contribution in [3.8, 4) is 0 Å². The molecule has 0 amide bonds. The van der Waals surface area contributed by atoms with Crippen LogP contribution in [0.25, 0.3) is 0 Å². The molecule has 1 aliphatic rings. The van der Waals surface area contributed by atoms with E-state index in [1.807, 2.05) is 0 Å². The molecule has 2 atom stereocenters. The van der Waals surface area contributed by atoms with E-state index >= 15 is 0 Å². The maximum absolute atomic E-state index is 12.1. The minimum atomic E-state index is -3.48. The lowest BCUT2D eigenvalue weighted by atomic mass is 10.2. The number of ether oxygens (including phenoxy) is 1. The summed E-state index contributed by atoms with van der Waals surface area (Å²) in [5.41, 5.74) is 0. The van der Waals surface area contributed by atoms with Crippen molar-refractivity contribution in [3.63, 3.8) is 0 Å². The van der Waals surface area contributed by atoms with Gasteiger partial charge < -0.3 is 4.74 Å². The van der Waals surface area contributed by atoms with E-state index in [1.54, 1.807) is 18.2 Å². The molecular formula is C15H23ClN2O3S. The Kier molecular flexibility index (Phi) is 6.23. The molecule has 2 unspecified atom stereocenters. The van der Waals surface area contributed by atoms with Gasteiger partial charge in [0.1, 0.15) is 0 Å². The molecule has 1 aromatic rings. The van der Waals surface area contributed by atoms with Crippen molar-refractivity contribution in [1.29, 1.82) is 0 Å². The van der Waals surface area contributed by atoms with Crippen molar-refractivity contribution >= 4 is 21.6 Å². The number of morpholine rings is 1. The number of benzene rings is 1. The Labute approximate surface area is 137 Å². The van der Waals surface area contributed by atoms with Crippen molar-refractivity contribution in [2.45, 2.75) is 37.4 Å². The zero-order chi connectivity index (χ0) is 16.2. The van der Waals surface area contributed by atoms with Gasteiger partial charge in [-0.25, -0.2) is 13.1 Å². The molecular weight excluding hydrogens is 324 g/mol. The second-order valence-electron chi connectivity index (χ2n) is 5.73. The van der Waals surface area contributed by atoms with Gasteiger partial charge in [-0.2, -0.15) is 0 Å². The fourth-order valence-electron chi connectivity index (χ4n) is 2.69. The molecule has 5 nitrogen and oxygen atoms in total. The predicted octanol–water partition coefficient (Wildman–Crippen LogP) is 2.12. The molecule has 1 N–H and O–H groups in total. The van der Waals surface area contributed by atoms with Crippen molar-refractivity contribution in [2.75, 3.05) is 26.2 Å². The highest BCUT2D eigenvalue weighted by Crippen LogP contribution is 2.15. The van der Waals surface area contributed by atoms with Crippen LogP contribution in [0.3, 0.4) is 0 Å². The third kappa shape index (κ3) is 5.21. The topological polar surface area (TPSA) is 58.6 Å². The Bertz CT molecular complexity index is 584.